The first kappa shape index (κ1) is 17.3. The summed E-state index contributed by atoms with van der Waals surface area (Å²) in [4.78, 5) is 29.8. The molecular formula is C18H14ClF3N2O2. The highest BCUT2D eigenvalue weighted by Gasteiger charge is 2.46. The fourth-order valence-electron chi connectivity index (χ4n) is 3.54. The first-order valence-corrected chi connectivity index (χ1v) is 8.64. The Morgan fingerprint density at radius 3 is 2.62 bits per heavy atom. The summed E-state index contributed by atoms with van der Waals surface area (Å²) in [5, 5.41) is -0.0627. The van der Waals surface area contributed by atoms with Crippen molar-refractivity contribution in [2.24, 2.45) is 5.92 Å². The molecule has 0 aromatic carbocycles. The van der Waals surface area contributed by atoms with Gasteiger partial charge < -0.3 is 0 Å². The number of pyridine rings is 1. The number of amides is 2. The zero-order chi connectivity index (χ0) is 18.6. The normalized spacial score (nSPS) is 22.7. The molecule has 1 unspecified atom stereocenters. The van der Waals surface area contributed by atoms with Crippen molar-refractivity contribution in [3.8, 4) is 0 Å². The highest BCUT2D eigenvalue weighted by molar-refractivity contribution is 6.29. The van der Waals surface area contributed by atoms with Gasteiger partial charge in [-0.05, 0) is 30.9 Å². The molecule has 1 atom stereocenters. The Balaban J connectivity index is 1.75. The predicted molar refractivity (Wildman–Crippen MR) is 87.1 cm³/mol. The first-order chi connectivity index (χ1) is 12.3. The molecule has 2 heterocycles. The van der Waals surface area contributed by atoms with Gasteiger partial charge in [0.25, 0.3) is 5.91 Å². The minimum Gasteiger partial charge on any atom is -0.274 e. The van der Waals surface area contributed by atoms with Gasteiger partial charge in [-0.25, -0.2) is 4.98 Å². The number of nitrogens with zero attached hydrogens (tertiary/aromatic N) is 2. The van der Waals surface area contributed by atoms with Crippen molar-refractivity contribution in [2.45, 2.75) is 37.9 Å². The molecule has 1 aromatic rings. The van der Waals surface area contributed by atoms with Gasteiger partial charge in [0.1, 0.15) is 5.15 Å². The molecule has 2 amide bonds. The lowest BCUT2D eigenvalue weighted by molar-refractivity contribution is -0.143. The summed E-state index contributed by atoms with van der Waals surface area (Å²) in [5.74, 6) is -1.90. The van der Waals surface area contributed by atoms with Gasteiger partial charge in [-0.3, -0.25) is 14.5 Å². The molecule has 8 heteroatoms. The number of carbonyl (C=O) groups excluding carboxylic acids is 2. The third-order valence-electron chi connectivity index (χ3n) is 4.89. The zero-order valence-electron chi connectivity index (χ0n) is 13.5. The van der Waals surface area contributed by atoms with E-state index in [1.54, 1.807) is 18.2 Å². The molecule has 1 saturated carbocycles. The van der Waals surface area contributed by atoms with Gasteiger partial charge in [0, 0.05) is 11.5 Å². The van der Waals surface area contributed by atoms with Crippen LogP contribution in [-0.2, 0) is 22.3 Å². The van der Waals surface area contributed by atoms with E-state index in [1.165, 1.54) is 0 Å². The van der Waals surface area contributed by atoms with Crippen LogP contribution in [-0.4, -0.2) is 21.7 Å². The molecule has 3 aliphatic rings. The molecule has 136 valence electrons. The Hall–Kier alpha value is -2.15. The molecule has 0 spiro atoms. The average Bonchev–Trinajstić information content (AvgIpc) is 3.38. The number of hydrogen-bond donors (Lipinski definition) is 0. The molecule has 2 aliphatic carbocycles. The smallest absolute Gasteiger partial charge is 0.274 e. The van der Waals surface area contributed by atoms with E-state index in [2.05, 4.69) is 4.98 Å². The van der Waals surface area contributed by atoms with Gasteiger partial charge in [-0.15, -0.1) is 0 Å². The molecule has 4 rings (SSSR count). The van der Waals surface area contributed by atoms with Gasteiger partial charge in [0.05, 0.1) is 23.7 Å². The van der Waals surface area contributed by atoms with Crippen LogP contribution in [0.4, 0.5) is 13.2 Å². The maximum Gasteiger partial charge on any atom is 0.418 e. The number of carbonyl (C=O) groups is 2. The number of likely N-dealkylation sites (tertiary alicyclic amines) is 1. The minimum atomic E-state index is -4.63. The van der Waals surface area contributed by atoms with Crippen LogP contribution in [0.15, 0.2) is 29.9 Å². The van der Waals surface area contributed by atoms with Crippen molar-refractivity contribution in [1.29, 1.82) is 0 Å². The highest BCUT2D eigenvalue weighted by atomic mass is 35.5. The van der Waals surface area contributed by atoms with Crippen LogP contribution in [0.25, 0.3) is 0 Å². The SMILES string of the molecule is O=C1C2=CC=CCC2C(=O)N1Cc1cc(Cl)nc(C2CC2)c1C(F)(F)F. The maximum absolute atomic E-state index is 13.7. The van der Waals surface area contributed by atoms with Gasteiger partial charge in [0.15, 0.2) is 0 Å². The van der Waals surface area contributed by atoms with Crippen LogP contribution >= 0.6 is 11.6 Å². The van der Waals surface area contributed by atoms with E-state index in [0.29, 0.717) is 24.8 Å². The molecule has 0 radical (unpaired) electrons. The standard InChI is InChI=1S/C18H14ClF3N2O2/c19-13-7-10(14(18(20,21)22)15(23-13)9-5-6-9)8-24-16(25)11-3-1-2-4-12(11)17(24)26/h1-3,7,9,12H,4-6,8H2. The quantitative estimate of drug-likeness (QED) is 0.586. The van der Waals surface area contributed by atoms with Gasteiger partial charge in [-0.1, -0.05) is 29.8 Å². The van der Waals surface area contributed by atoms with Crippen LogP contribution in [0, 0.1) is 5.92 Å². The van der Waals surface area contributed by atoms with Crippen LogP contribution in [0.1, 0.15) is 42.0 Å². The summed E-state index contributed by atoms with van der Waals surface area (Å²) in [6.45, 7) is -0.456. The van der Waals surface area contributed by atoms with E-state index < -0.39 is 36.0 Å². The zero-order valence-corrected chi connectivity index (χ0v) is 14.3. The van der Waals surface area contributed by atoms with Crippen LogP contribution < -0.4 is 0 Å². The Morgan fingerprint density at radius 2 is 2.00 bits per heavy atom. The fraction of sp³-hybridized carbons (Fsp3) is 0.389. The van der Waals surface area contributed by atoms with E-state index in [0.717, 1.165) is 11.0 Å². The lowest BCUT2D eigenvalue weighted by Gasteiger charge is -2.21. The Morgan fingerprint density at radius 1 is 1.27 bits per heavy atom. The lowest BCUT2D eigenvalue weighted by Crippen LogP contribution is -2.31. The van der Waals surface area contributed by atoms with Crippen molar-refractivity contribution in [3.63, 3.8) is 0 Å². The summed E-state index contributed by atoms with van der Waals surface area (Å²) >= 11 is 5.94. The van der Waals surface area contributed by atoms with Crippen molar-refractivity contribution in [1.82, 2.24) is 9.88 Å². The van der Waals surface area contributed by atoms with E-state index in [4.69, 9.17) is 11.6 Å². The number of hydrogen-bond acceptors (Lipinski definition) is 3. The van der Waals surface area contributed by atoms with E-state index in [1.807, 2.05) is 0 Å². The number of alkyl halides is 3. The monoisotopic (exact) mass is 382 g/mol. The molecule has 1 aromatic heterocycles. The molecule has 26 heavy (non-hydrogen) atoms. The fourth-order valence-corrected chi connectivity index (χ4v) is 3.76. The van der Waals surface area contributed by atoms with Crippen LogP contribution in [0.2, 0.25) is 5.15 Å². The molecule has 0 N–H and O–H groups in total. The number of allylic oxidation sites excluding steroid dienone is 3. The Kier molecular flexibility index (Phi) is 3.95. The largest absolute Gasteiger partial charge is 0.418 e. The summed E-state index contributed by atoms with van der Waals surface area (Å²) < 4.78 is 41.1. The second kappa shape index (κ2) is 5.94. The summed E-state index contributed by atoms with van der Waals surface area (Å²) in [5.41, 5.74) is -0.814. The number of rotatable bonds is 3. The van der Waals surface area contributed by atoms with E-state index in [-0.39, 0.29) is 22.3 Å². The minimum absolute atomic E-state index is 0.0627. The van der Waals surface area contributed by atoms with E-state index >= 15 is 0 Å². The van der Waals surface area contributed by atoms with Crippen molar-refractivity contribution >= 4 is 23.4 Å². The predicted octanol–water partition coefficient (Wildman–Crippen LogP) is 4.00. The molecule has 1 saturated heterocycles. The first-order valence-electron chi connectivity index (χ1n) is 8.26. The van der Waals surface area contributed by atoms with E-state index in [9.17, 15) is 22.8 Å². The van der Waals surface area contributed by atoms with Crippen molar-refractivity contribution < 1.29 is 22.8 Å². The van der Waals surface area contributed by atoms with Crippen LogP contribution in [0.3, 0.4) is 0 Å². The number of halogens is 4. The number of imide groups is 1. The third-order valence-corrected chi connectivity index (χ3v) is 5.08. The summed E-state index contributed by atoms with van der Waals surface area (Å²) in [7, 11) is 0. The molecule has 1 aliphatic heterocycles. The second-order valence-corrected chi connectivity index (χ2v) is 7.09. The van der Waals surface area contributed by atoms with Gasteiger partial charge >= 0.3 is 6.18 Å². The number of aromatic nitrogens is 1. The molecule has 4 nitrogen and oxygen atoms in total. The number of fused-ring (bicyclic) bond motifs is 1. The third kappa shape index (κ3) is 2.84. The maximum atomic E-state index is 13.7. The molecule has 0 bridgehead atoms. The second-order valence-electron chi connectivity index (χ2n) is 6.70. The average molecular weight is 383 g/mol. The summed E-state index contributed by atoms with van der Waals surface area (Å²) in [6.07, 6.45) is 1.98. The highest BCUT2D eigenvalue weighted by Crippen LogP contribution is 2.47. The Labute approximate surface area is 152 Å². The molecular weight excluding hydrogens is 369 g/mol. The topological polar surface area (TPSA) is 50.3 Å². The summed E-state index contributed by atoms with van der Waals surface area (Å²) in [6, 6.07) is 1.10. The van der Waals surface area contributed by atoms with Gasteiger partial charge in [-0.2, -0.15) is 13.2 Å². The van der Waals surface area contributed by atoms with Crippen molar-refractivity contribution in [2.75, 3.05) is 0 Å². The van der Waals surface area contributed by atoms with Gasteiger partial charge in [0.2, 0.25) is 5.91 Å². The van der Waals surface area contributed by atoms with Crippen molar-refractivity contribution in [3.05, 3.63) is 51.8 Å². The molecule has 2 fully saturated rings. The lowest BCUT2D eigenvalue weighted by atomic mass is 9.94. The Bertz CT molecular complexity index is 872. The van der Waals surface area contributed by atoms with Crippen LogP contribution in [0.5, 0.6) is 0 Å².